The zero-order valence-corrected chi connectivity index (χ0v) is 40.7. The Hall–Kier alpha value is -4.45. The summed E-state index contributed by atoms with van der Waals surface area (Å²) in [6, 6.07) is 0. The van der Waals surface area contributed by atoms with Crippen LogP contribution >= 0.6 is 0 Å². The number of carbonyl (C=O) groups excluding carboxylic acids is 3. The van der Waals surface area contributed by atoms with Crippen molar-refractivity contribution in [3.05, 3.63) is 134 Å². The average molecular weight is 883 g/mol. The van der Waals surface area contributed by atoms with E-state index in [9.17, 15) is 14.4 Å². The van der Waals surface area contributed by atoms with Crippen LogP contribution in [0.15, 0.2) is 134 Å². The van der Waals surface area contributed by atoms with Gasteiger partial charge in [-0.1, -0.05) is 206 Å². The summed E-state index contributed by atoms with van der Waals surface area (Å²) in [5.74, 6) is -1.02. The molecule has 0 saturated heterocycles. The molecule has 0 fully saturated rings. The lowest BCUT2D eigenvalue weighted by Crippen LogP contribution is -2.30. The minimum atomic E-state index is -0.820. The molecule has 0 spiro atoms. The monoisotopic (exact) mass is 883 g/mol. The minimum Gasteiger partial charge on any atom is -0.462 e. The molecular weight excluding hydrogens is 793 g/mol. The Morgan fingerprint density at radius 1 is 0.344 bits per heavy atom. The van der Waals surface area contributed by atoms with Gasteiger partial charge in [-0.2, -0.15) is 0 Å². The third-order valence-electron chi connectivity index (χ3n) is 9.97. The SMILES string of the molecule is CC/C=C\C/C=C\C/C=C\C/C=C\C/C=C\CCCCCC(=O)OCC(COC(=O)CCC/C=C\CCCCCC)OC(=O)CCCCCCC\C=C/C=C\C=C/C=C\C=C/CCC. The van der Waals surface area contributed by atoms with E-state index in [1.165, 1.54) is 32.1 Å². The Morgan fingerprint density at radius 2 is 0.719 bits per heavy atom. The molecule has 0 aromatic carbocycles. The second-order valence-corrected chi connectivity index (χ2v) is 16.1. The van der Waals surface area contributed by atoms with Gasteiger partial charge in [0.25, 0.3) is 0 Å². The molecule has 0 aliphatic heterocycles. The molecule has 0 rings (SSSR count). The highest BCUT2D eigenvalue weighted by molar-refractivity contribution is 5.71. The second kappa shape index (κ2) is 51.2. The maximum absolute atomic E-state index is 12.8. The molecule has 0 aliphatic rings. The van der Waals surface area contributed by atoms with E-state index in [2.05, 4.69) is 118 Å². The molecule has 358 valence electrons. The number of ether oxygens (including phenoxy) is 3. The van der Waals surface area contributed by atoms with Gasteiger partial charge in [0.15, 0.2) is 6.10 Å². The normalized spacial score (nSPS) is 13.2. The molecule has 0 aromatic rings. The third kappa shape index (κ3) is 48.6. The number of hydrogen-bond donors (Lipinski definition) is 0. The lowest BCUT2D eigenvalue weighted by molar-refractivity contribution is -0.167. The highest BCUT2D eigenvalue weighted by Crippen LogP contribution is 2.12. The zero-order chi connectivity index (χ0) is 46.5. The van der Waals surface area contributed by atoms with Gasteiger partial charge in [0.2, 0.25) is 0 Å². The van der Waals surface area contributed by atoms with Crippen molar-refractivity contribution in [2.45, 2.75) is 200 Å². The maximum atomic E-state index is 12.8. The molecule has 64 heavy (non-hydrogen) atoms. The van der Waals surface area contributed by atoms with Gasteiger partial charge in [0, 0.05) is 19.3 Å². The molecule has 1 atom stereocenters. The van der Waals surface area contributed by atoms with E-state index in [1.807, 2.05) is 36.5 Å². The van der Waals surface area contributed by atoms with Gasteiger partial charge in [-0.15, -0.1) is 0 Å². The standard InChI is InChI=1S/C58H90O6/c1-4-7-10-13-16-19-21-23-25-27-29-31-32-34-36-39-42-45-48-51-57(60)63-54-55(53-62-56(59)50-47-44-41-38-18-15-12-9-6-3)64-58(61)52-49-46-43-40-37-35-33-30-28-26-24-22-20-17-14-11-8-5-2/h7,10-11,14,16-17,19-20,22-26,28-31,33-34,36,38,41,55H,4-6,8-9,12-13,15,18,21,27,32,35,37,39-40,42-54H2,1-3H3/b10-7-,14-11-,19-16-,20-17-,24-22-,25-23-,28-26-,31-29-,33-30-,36-34-,41-38-. The molecule has 6 nitrogen and oxygen atoms in total. The first-order valence-electron chi connectivity index (χ1n) is 25.3. The number of esters is 3. The van der Waals surface area contributed by atoms with Gasteiger partial charge >= 0.3 is 17.9 Å². The van der Waals surface area contributed by atoms with Crippen LogP contribution in [0.1, 0.15) is 194 Å². The highest BCUT2D eigenvalue weighted by Gasteiger charge is 2.19. The molecule has 0 heterocycles. The summed E-state index contributed by atoms with van der Waals surface area (Å²) in [5, 5.41) is 0. The van der Waals surface area contributed by atoms with E-state index < -0.39 is 6.10 Å². The van der Waals surface area contributed by atoms with Crippen molar-refractivity contribution in [3.8, 4) is 0 Å². The molecule has 0 radical (unpaired) electrons. The van der Waals surface area contributed by atoms with Gasteiger partial charge < -0.3 is 14.2 Å². The van der Waals surface area contributed by atoms with E-state index in [1.54, 1.807) is 0 Å². The van der Waals surface area contributed by atoms with Crippen LogP contribution < -0.4 is 0 Å². The van der Waals surface area contributed by atoms with Crippen molar-refractivity contribution in [1.82, 2.24) is 0 Å². The van der Waals surface area contributed by atoms with Gasteiger partial charge in [-0.3, -0.25) is 14.4 Å². The van der Waals surface area contributed by atoms with E-state index >= 15 is 0 Å². The topological polar surface area (TPSA) is 78.9 Å². The minimum absolute atomic E-state index is 0.120. The summed E-state index contributed by atoms with van der Waals surface area (Å²) in [7, 11) is 0. The molecule has 0 aromatic heterocycles. The van der Waals surface area contributed by atoms with Crippen LogP contribution in [0.2, 0.25) is 0 Å². The molecule has 0 amide bonds. The fraction of sp³-hybridized carbons (Fsp3) is 0.569. The average Bonchev–Trinajstić information content (AvgIpc) is 3.29. The van der Waals surface area contributed by atoms with Gasteiger partial charge in [-0.25, -0.2) is 0 Å². The van der Waals surface area contributed by atoms with Gasteiger partial charge in [0.1, 0.15) is 13.2 Å². The third-order valence-corrected chi connectivity index (χ3v) is 9.97. The molecular formula is C58H90O6. The Kier molecular flexibility index (Phi) is 47.6. The van der Waals surface area contributed by atoms with Crippen molar-refractivity contribution in [3.63, 3.8) is 0 Å². The van der Waals surface area contributed by atoms with Crippen LogP contribution in [-0.2, 0) is 28.6 Å². The number of unbranched alkanes of at least 4 members (excludes halogenated alkanes) is 14. The van der Waals surface area contributed by atoms with Crippen molar-refractivity contribution in [1.29, 1.82) is 0 Å². The van der Waals surface area contributed by atoms with E-state index in [-0.39, 0.29) is 37.5 Å². The molecule has 0 saturated carbocycles. The Morgan fingerprint density at radius 3 is 1.25 bits per heavy atom. The lowest BCUT2D eigenvalue weighted by Gasteiger charge is -2.18. The predicted molar refractivity (Wildman–Crippen MR) is 274 cm³/mol. The summed E-state index contributed by atoms with van der Waals surface area (Å²) in [6.45, 7) is 6.30. The molecule has 0 bridgehead atoms. The van der Waals surface area contributed by atoms with E-state index in [0.717, 1.165) is 116 Å². The fourth-order valence-corrected chi connectivity index (χ4v) is 6.21. The van der Waals surface area contributed by atoms with Crippen molar-refractivity contribution in [2.75, 3.05) is 13.2 Å². The first kappa shape index (κ1) is 59.5. The number of hydrogen-bond acceptors (Lipinski definition) is 6. The Balaban J connectivity index is 4.51. The quantitative estimate of drug-likeness (QED) is 0.0200. The van der Waals surface area contributed by atoms with Crippen LogP contribution in [0.3, 0.4) is 0 Å². The van der Waals surface area contributed by atoms with Gasteiger partial charge in [-0.05, 0) is 103 Å². The van der Waals surface area contributed by atoms with E-state index in [4.69, 9.17) is 14.2 Å². The van der Waals surface area contributed by atoms with Gasteiger partial charge in [0.05, 0.1) is 0 Å². The second-order valence-electron chi connectivity index (χ2n) is 16.1. The largest absolute Gasteiger partial charge is 0.462 e. The van der Waals surface area contributed by atoms with Crippen LogP contribution in [0, 0.1) is 0 Å². The van der Waals surface area contributed by atoms with Crippen LogP contribution in [0.5, 0.6) is 0 Å². The maximum Gasteiger partial charge on any atom is 0.306 e. The summed E-state index contributed by atoms with van der Waals surface area (Å²) < 4.78 is 16.7. The predicted octanol–water partition coefficient (Wildman–Crippen LogP) is 16.7. The fourth-order valence-electron chi connectivity index (χ4n) is 6.21. The lowest BCUT2D eigenvalue weighted by atomic mass is 10.1. The first-order chi connectivity index (χ1) is 31.5. The Bertz CT molecular complexity index is 1430. The van der Waals surface area contributed by atoms with Crippen LogP contribution in [-0.4, -0.2) is 37.2 Å². The molecule has 1 unspecified atom stereocenters. The highest BCUT2D eigenvalue weighted by atomic mass is 16.6. The van der Waals surface area contributed by atoms with Crippen molar-refractivity contribution < 1.29 is 28.6 Å². The molecule has 0 aliphatic carbocycles. The number of carbonyl (C=O) groups is 3. The Labute approximate surface area is 392 Å². The van der Waals surface area contributed by atoms with Crippen LogP contribution in [0.25, 0.3) is 0 Å². The smallest absolute Gasteiger partial charge is 0.306 e. The summed E-state index contributed by atoms with van der Waals surface area (Å²) in [6.07, 6.45) is 71.5. The van der Waals surface area contributed by atoms with Crippen molar-refractivity contribution >= 4 is 17.9 Å². The zero-order valence-electron chi connectivity index (χ0n) is 40.7. The van der Waals surface area contributed by atoms with E-state index in [0.29, 0.717) is 19.3 Å². The molecule has 0 N–H and O–H groups in total. The van der Waals surface area contributed by atoms with Crippen molar-refractivity contribution in [2.24, 2.45) is 0 Å². The molecule has 6 heteroatoms. The summed E-state index contributed by atoms with van der Waals surface area (Å²) >= 11 is 0. The summed E-state index contributed by atoms with van der Waals surface area (Å²) in [5.41, 5.74) is 0. The number of rotatable bonds is 43. The summed E-state index contributed by atoms with van der Waals surface area (Å²) in [4.78, 5) is 37.9. The first-order valence-corrected chi connectivity index (χ1v) is 25.3. The number of allylic oxidation sites excluding steroid dienone is 22. The van der Waals surface area contributed by atoms with Crippen LogP contribution in [0.4, 0.5) is 0 Å².